The van der Waals surface area contributed by atoms with Crippen molar-refractivity contribution in [1.82, 2.24) is 45.9 Å². The molecule has 6 atom stereocenters. The zero-order chi connectivity index (χ0) is 40.4. The number of likely N-dealkylation sites (N-methyl/N-ethyl adjacent to an activating group) is 1. The monoisotopic (exact) mass is 777 g/mol. The van der Waals surface area contributed by atoms with E-state index in [0.29, 0.717) is 25.9 Å². The SMILES string of the molecule is CCCC(NC(=O)[C@@H]1CC2(CN1C(=O)[C@@H](NC(=O)[C@@H](NC(=O)c1cnccn1)C1CCCCC1)C(C)(C)C)N(CC)C(=O)C1CCCN12)C(=O)C(=O)NC1CC1. The van der Waals surface area contributed by atoms with Crippen LogP contribution in [0.4, 0.5) is 0 Å². The fraction of sp³-hybridized carbons (Fsp3) is 0.725. The molecule has 3 aliphatic heterocycles. The molecular weight excluding hydrogens is 718 g/mol. The van der Waals surface area contributed by atoms with E-state index in [1.807, 2.05) is 34.6 Å². The third-order valence-electron chi connectivity index (χ3n) is 12.3. The molecule has 1 aromatic rings. The van der Waals surface area contributed by atoms with E-state index in [1.165, 1.54) is 23.5 Å². The molecule has 0 aromatic carbocycles. The Morgan fingerprint density at radius 1 is 0.929 bits per heavy atom. The van der Waals surface area contributed by atoms with Gasteiger partial charge in [0, 0.05) is 37.9 Å². The molecule has 5 aliphatic rings. The predicted octanol–water partition coefficient (Wildman–Crippen LogP) is 1.44. The van der Waals surface area contributed by atoms with E-state index in [9.17, 15) is 28.8 Å². The number of hydrogen-bond acceptors (Lipinski definition) is 10. The van der Waals surface area contributed by atoms with Crippen molar-refractivity contribution in [3.63, 3.8) is 0 Å². The number of ketones is 1. The summed E-state index contributed by atoms with van der Waals surface area (Å²) in [7, 11) is 0. The largest absolute Gasteiger partial charge is 0.347 e. The van der Waals surface area contributed by atoms with Crippen molar-refractivity contribution < 1.29 is 33.6 Å². The fourth-order valence-electron chi connectivity index (χ4n) is 9.26. The summed E-state index contributed by atoms with van der Waals surface area (Å²) in [5, 5.41) is 11.5. The Balaban J connectivity index is 1.31. The maximum Gasteiger partial charge on any atom is 0.289 e. The number of likely N-dealkylation sites (tertiary alicyclic amines) is 1. The number of aromatic nitrogens is 2. The molecule has 3 saturated heterocycles. The normalized spacial score (nSPS) is 25.7. The second kappa shape index (κ2) is 16.9. The van der Waals surface area contributed by atoms with Crippen LogP contribution in [0.15, 0.2) is 18.6 Å². The molecule has 5 fully saturated rings. The van der Waals surface area contributed by atoms with Gasteiger partial charge in [-0.1, -0.05) is 53.4 Å². The molecule has 6 rings (SSSR count). The van der Waals surface area contributed by atoms with Crippen LogP contribution in [0.5, 0.6) is 0 Å². The number of carbonyl (C=O) groups excluding carboxylic acids is 7. The number of nitrogens with zero attached hydrogens (tertiary/aromatic N) is 5. The predicted molar refractivity (Wildman–Crippen MR) is 204 cm³/mol. The highest BCUT2D eigenvalue weighted by molar-refractivity contribution is 6.38. The van der Waals surface area contributed by atoms with Gasteiger partial charge in [0.25, 0.3) is 11.8 Å². The van der Waals surface area contributed by atoms with Crippen molar-refractivity contribution in [2.45, 2.75) is 154 Å². The summed E-state index contributed by atoms with van der Waals surface area (Å²) in [6.07, 6.45) is 12.4. The van der Waals surface area contributed by atoms with Gasteiger partial charge < -0.3 is 31.1 Å². The van der Waals surface area contributed by atoms with Crippen LogP contribution in [0.25, 0.3) is 0 Å². The lowest BCUT2D eigenvalue weighted by molar-refractivity contribution is -0.145. The van der Waals surface area contributed by atoms with E-state index < -0.39 is 70.6 Å². The van der Waals surface area contributed by atoms with Crippen molar-refractivity contribution in [2.75, 3.05) is 19.6 Å². The van der Waals surface area contributed by atoms with Crippen molar-refractivity contribution in [3.05, 3.63) is 24.3 Å². The molecule has 3 unspecified atom stereocenters. The van der Waals surface area contributed by atoms with E-state index in [2.05, 4.69) is 36.1 Å². The Labute approximate surface area is 329 Å². The van der Waals surface area contributed by atoms with Gasteiger partial charge in [0.05, 0.1) is 24.8 Å². The van der Waals surface area contributed by atoms with E-state index in [1.54, 1.807) is 4.90 Å². The van der Waals surface area contributed by atoms with Gasteiger partial charge in [-0.05, 0) is 63.2 Å². The summed E-state index contributed by atoms with van der Waals surface area (Å²) in [5.74, 6) is -3.86. The van der Waals surface area contributed by atoms with Gasteiger partial charge in [-0.2, -0.15) is 0 Å². The van der Waals surface area contributed by atoms with Crippen LogP contribution in [0.1, 0.15) is 122 Å². The quantitative estimate of drug-likeness (QED) is 0.200. The third-order valence-corrected chi connectivity index (χ3v) is 12.3. The summed E-state index contributed by atoms with van der Waals surface area (Å²) >= 11 is 0. The summed E-state index contributed by atoms with van der Waals surface area (Å²) in [6.45, 7) is 10.2. The number of rotatable bonds is 14. The van der Waals surface area contributed by atoms with Gasteiger partial charge in [-0.15, -0.1) is 0 Å². The molecule has 4 heterocycles. The van der Waals surface area contributed by atoms with Crippen LogP contribution in [0.2, 0.25) is 0 Å². The summed E-state index contributed by atoms with van der Waals surface area (Å²) < 4.78 is 0. The Hall–Kier alpha value is -4.47. The average molecular weight is 778 g/mol. The first-order valence-corrected chi connectivity index (χ1v) is 20.6. The number of amides is 6. The minimum atomic E-state index is -1.14. The first-order chi connectivity index (χ1) is 26.7. The number of nitrogens with one attached hydrogen (secondary N) is 4. The van der Waals surface area contributed by atoms with Crippen LogP contribution in [0.3, 0.4) is 0 Å². The van der Waals surface area contributed by atoms with Crippen LogP contribution in [-0.4, -0.2) is 127 Å². The van der Waals surface area contributed by atoms with Crippen molar-refractivity contribution in [2.24, 2.45) is 11.3 Å². The summed E-state index contributed by atoms with van der Waals surface area (Å²) in [6, 6.07) is -4.71. The maximum atomic E-state index is 15.1. The number of Topliss-reactive ketones (excluding diaryl/α,β-unsaturated/α-hetero) is 1. The maximum absolute atomic E-state index is 15.1. The first kappa shape index (κ1) is 41.2. The highest BCUT2D eigenvalue weighted by Gasteiger charge is 2.64. The van der Waals surface area contributed by atoms with Crippen LogP contribution in [-0.2, 0) is 28.8 Å². The van der Waals surface area contributed by atoms with Crippen molar-refractivity contribution in [1.29, 1.82) is 0 Å². The Morgan fingerprint density at radius 3 is 2.29 bits per heavy atom. The average Bonchev–Trinajstić information content (AvgIpc) is 3.60. The van der Waals surface area contributed by atoms with Crippen LogP contribution >= 0.6 is 0 Å². The number of fused-ring (bicyclic) bond motifs is 2. The summed E-state index contributed by atoms with van der Waals surface area (Å²) in [4.78, 5) is 111. The lowest BCUT2D eigenvalue weighted by atomic mass is 9.82. The Kier molecular flexibility index (Phi) is 12.5. The van der Waals surface area contributed by atoms with Gasteiger partial charge in [-0.25, -0.2) is 4.98 Å². The van der Waals surface area contributed by atoms with E-state index in [0.717, 1.165) is 51.4 Å². The zero-order valence-corrected chi connectivity index (χ0v) is 33.5. The third kappa shape index (κ3) is 8.44. The van der Waals surface area contributed by atoms with Gasteiger partial charge >= 0.3 is 0 Å². The first-order valence-electron chi connectivity index (χ1n) is 20.6. The fourth-order valence-corrected chi connectivity index (χ4v) is 9.26. The molecular formula is C40H59N9O7. The smallest absolute Gasteiger partial charge is 0.289 e. The Morgan fingerprint density at radius 2 is 1.66 bits per heavy atom. The molecule has 0 radical (unpaired) electrons. The van der Waals surface area contributed by atoms with Crippen LogP contribution < -0.4 is 21.3 Å². The highest BCUT2D eigenvalue weighted by Crippen LogP contribution is 2.46. The molecule has 56 heavy (non-hydrogen) atoms. The molecule has 2 saturated carbocycles. The Bertz CT molecular complexity index is 1670. The molecule has 1 aromatic heterocycles. The molecule has 6 amide bonds. The molecule has 0 bridgehead atoms. The van der Waals surface area contributed by atoms with E-state index in [-0.39, 0.29) is 49.0 Å². The number of carbonyl (C=O) groups is 7. The lowest BCUT2D eigenvalue weighted by Crippen LogP contribution is -2.62. The molecule has 4 N–H and O–H groups in total. The van der Waals surface area contributed by atoms with Crippen molar-refractivity contribution in [3.8, 4) is 0 Å². The van der Waals surface area contributed by atoms with Gasteiger partial charge in [0.1, 0.15) is 29.5 Å². The standard InChI is InChI=1S/C40H59N9O7/c1-6-12-26(31(50)36(54)43-25-16-17-25)44-34(52)29-21-40(48(7-2)37(55)28-15-11-20-49(28)40)23-47(29)38(56)32(39(3,4)5)46-35(53)30(24-13-9-8-10-14-24)45-33(51)27-22-41-18-19-42-27/h18-19,22,24-26,28-30,32H,6-17,20-21,23H2,1-5H3,(H,43,54)(H,44,52)(H,45,51)(H,46,53)/t26?,28?,29-,30-,32+,40?/m0/s1. The minimum absolute atomic E-state index is 0.0203. The van der Waals surface area contributed by atoms with Gasteiger partial charge in [-0.3, -0.25) is 43.4 Å². The second-order valence-corrected chi connectivity index (χ2v) is 17.3. The summed E-state index contributed by atoms with van der Waals surface area (Å²) in [5.41, 5.74) is -1.76. The highest BCUT2D eigenvalue weighted by atomic mass is 16.2. The zero-order valence-electron chi connectivity index (χ0n) is 33.5. The minimum Gasteiger partial charge on any atom is -0.347 e. The molecule has 16 heteroatoms. The second-order valence-electron chi connectivity index (χ2n) is 17.3. The molecule has 1 spiro atoms. The van der Waals surface area contributed by atoms with Crippen LogP contribution in [0, 0.1) is 11.3 Å². The topological polar surface area (TPSA) is 203 Å². The van der Waals surface area contributed by atoms with E-state index >= 15 is 4.79 Å². The lowest BCUT2D eigenvalue weighted by Gasteiger charge is -2.40. The van der Waals surface area contributed by atoms with E-state index in [4.69, 9.17) is 0 Å². The van der Waals surface area contributed by atoms with Gasteiger partial charge in [0.15, 0.2) is 0 Å². The number of hydrogen-bond donors (Lipinski definition) is 4. The van der Waals surface area contributed by atoms with Crippen molar-refractivity contribution >= 4 is 41.2 Å². The molecule has 2 aliphatic carbocycles. The van der Waals surface area contributed by atoms with Gasteiger partial charge in [0.2, 0.25) is 29.4 Å². The molecule has 16 nitrogen and oxygen atoms in total. The molecule has 306 valence electrons.